The molecule has 1 aliphatic heterocycles. The van der Waals surface area contributed by atoms with Crippen LogP contribution >= 0.6 is 0 Å². The predicted octanol–water partition coefficient (Wildman–Crippen LogP) is 2.98. The van der Waals surface area contributed by atoms with Crippen LogP contribution in [0.2, 0.25) is 0 Å². The van der Waals surface area contributed by atoms with Crippen molar-refractivity contribution >= 4 is 0 Å². The van der Waals surface area contributed by atoms with Crippen molar-refractivity contribution in [3.05, 3.63) is 0 Å². The van der Waals surface area contributed by atoms with E-state index < -0.39 is 0 Å². The van der Waals surface area contributed by atoms with Gasteiger partial charge in [-0.1, -0.05) is 19.3 Å². The monoisotopic (exact) mass is 238 g/mol. The maximum Gasteiger partial charge on any atom is 0.0112 e. The van der Waals surface area contributed by atoms with E-state index in [2.05, 4.69) is 23.6 Å². The summed E-state index contributed by atoms with van der Waals surface area (Å²) in [6.07, 6.45) is 8.80. The summed E-state index contributed by atoms with van der Waals surface area (Å²) in [5, 5.41) is 0. The molecule has 1 saturated carbocycles. The molecule has 0 amide bonds. The summed E-state index contributed by atoms with van der Waals surface area (Å²) >= 11 is 0. The molecule has 1 heterocycles. The van der Waals surface area contributed by atoms with Crippen molar-refractivity contribution in [3.63, 3.8) is 0 Å². The lowest BCUT2D eigenvalue weighted by atomic mass is 9.89. The minimum atomic E-state index is 0.727. The molecule has 0 unspecified atom stereocenters. The molecule has 0 aromatic carbocycles. The maximum absolute atomic E-state index is 2.73. The van der Waals surface area contributed by atoms with Crippen LogP contribution in [0.5, 0.6) is 0 Å². The molecule has 0 radical (unpaired) electrons. The predicted molar refractivity (Wildman–Crippen MR) is 74.3 cm³/mol. The topological polar surface area (TPSA) is 6.48 Å². The summed E-state index contributed by atoms with van der Waals surface area (Å²) in [7, 11) is 0. The van der Waals surface area contributed by atoms with Gasteiger partial charge >= 0.3 is 0 Å². The van der Waals surface area contributed by atoms with Gasteiger partial charge < -0.3 is 4.90 Å². The number of rotatable bonds is 3. The zero-order valence-corrected chi connectivity index (χ0v) is 11.8. The molecule has 1 aliphatic carbocycles. The standard InChI is InChI=1S/C15H30N2/c1-14(2)17-10-6-9-16(11-12-17)13-15-7-4-3-5-8-15/h14-15H,3-13H2,1-2H3. The number of nitrogens with zero attached hydrogens (tertiary/aromatic N) is 2. The van der Waals surface area contributed by atoms with Crippen molar-refractivity contribution in [2.75, 3.05) is 32.7 Å². The molecule has 2 nitrogen and oxygen atoms in total. The van der Waals surface area contributed by atoms with Crippen molar-refractivity contribution in [1.82, 2.24) is 9.80 Å². The molecule has 0 N–H and O–H groups in total. The van der Waals surface area contributed by atoms with Gasteiger partial charge in [0.2, 0.25) is 0 Å². The zero-order chi connectivity index (χ0) is 12.1. The van der Waals surface area contributed by atoms with Crippen LogP contribution < -0.4 is 0 Å². The first kappa shape index (κ1) is 13.4. The van der Waals surface area contributed by atoms with Crippen molar-refractivity contribution in [1.29, 1.82) is 0 Å². The Morgan fingerprint density at radius 3 is 2.35 bits per heavy atom. The van der Waals surface area contributed by atoms with Crippen LogP contribution in [-0.2, 0) is 0 Å². The molecule has 0 aromatic rings. The van der Waals surface area contributed by atoms with Gasteiger partial charge in [-0.15, -0.1) is 0 Å². The van der Waals surface area contributed by atoms with Gasteiger partial charge in [0.15, 0.2) is 0 Å². The molecule has 2 heteroatoms. The van der Waals surface area contributed by atoms with Crippen LogP contribution in [0, 0.1) is 5.92 Å². The molecule has 0 spiro atoms. The van der Waals surface area contributed by atoms with E-state index in [4.69, 9.17) is 0 Å². The highest BCUT2D eigenvalue weighted by atomic mass is 15.2. The molecule has 100 valence electrons. The molecule has 0 aromatic heterocycles. The van der Waals surface area contributed by atoms with Gasteiger partial charge in [0.1, 0.15) is 0 Å². The fourth-order valence-electron chi connectivity index (χ4n) is 3.42. The van der Waals surface area contributed by atoms with Crippen LogP contribution in [0.4, 0.5) is 0 Å². The van der Waals surface area contributed by atoms with E-state index in [-0.39, 0.29) is 0 Å². The van der Waals surface area contributed by atoms with Crippen molar-refractivity contribution < 1.29 is 0 Å². The third kappa shape index (κ3) is 4.26. The smallest absolute Gasteiger partial charge is 0.0112 e. The second kappa shape index (κ2) is 6.75. The maximum atomic E-state index is 2.73. The third-order valence-electron chi connectivity index (χ3n) is 4.59. The molecule has 2 aliphatic rings. The molecular formula is C15H30N2. The van der Waals surface area contributed by atoms with E-state index in [1.807, 2.05) is 0 Å². The Balaban J connectivity index is 1.74. The zero-order valence-electron chi connectivity index (χ0n) is 11.8. The number of hydrogen-bond donors (Lipinski definition) is 0. The highest BCUT2D eigenvalue weighted by molar-refractivity contribution is 4.75. The van der Waals surface area contributed by atoms with Crippen LogP contribution in [0.3, 0.4) is 0 Å². The van der Waals surface area contributed by atoms with Gasteiger partial charge in [0.05, 0.1) is 0 Å². The summed E-state index contributed by atoms with van der Waals surface area (Å²) in [4.78, 5) is 5.37. The summed E-state index contributed by atoms with van der Waals surface area (Å²) in [5.74, 6) is 1.01. The molecule has 1 saturated heterocycles. The minimum absolute atomic E-state index is 0.727. The van der Waals surface area contributed by atoms with Gasteiger partial charge in [0.25, 0.3) is 0 Å². The Kier molecular flexibility index (Phi) is 5.30. The molecule has 2 rings (SSSR count). The summed E-state index contributed by atoms with van der Waals surface area (Å²) in [6, 6.07) is 0.727. The lowest BCUT2D eigenvalue weighted by Gasteiger charge is -2.29. The Morgan fingerprint density at radius 1 is 0.882 bits per heavy atom. The third-order valence-corrected chi connectivity index (χ3v) is 4.59. The fraction of sp³-hybridized carbons (Fsp3) is 1.00. The fourth-order valence-corrected chi connectivity index (χ4v) is 3.42. The number of hydrogen-bond acceptors (Lipinski definition) is 2. The summed E-state index contributed by atoms with van der Waals surface area (Å²) in [6.45, 7) is 11.3. The summed E-state index contributed by atoms with van der Waals surface area (Å²) in [5.41, 5.74) is 0. The first-order valence-electron chi connectivity index (χ1n) is 7.72. The van der Waals surface area contributed by atoms with Crippen molar-refractivity contribution in [3.8, 4) is 0 Å². The Hall–Kier alpha value is -0.0800. The van der Waals surface area contributed by atoms with E-state index in [0.29, 0.717) is 0 Å². The van der Waals surface area contributed by atoms with E-state index in [1.54, 1.807) is 0 Å². The van der Waals surface area contributed by atoms with Gasteiger partial charge in [-0.3, -0.25) is 4.90 Å². The summed E-state index contributed by atoms with van der Waals surface area (Å²) < 4.78 is 0. The van der Waals surface area contributed by atoms with Gasteiger partial charge in [-0.25, -0.2) is 0 Å². The van der Waals surface area contributed by atoms with Gasteiger partial charge in [-0.05, 0) is 52.1 Å². The second-order valence-electron chi connectivity index (χ2n) is 6.29. The van der Waals surface area contributed by atoms with Crippen LogP contribution in [0.25, 0.3) is 0 Å². The average molecular weight is 238 g/mol. The normalized spacial score (nSPS) is 26.3. The van der Waals surface area contributed by atoms with Gasteiger partial charge in [0, 0.05) is 25.7 Å². The van der Waals surface area contributed by atoms with E-state index >= 15 is 0 Å². The van der Waals surface area contributed by atoms with Crippen LogP contribution in [0.15, 0.2) is 0 Å². The van der Waals surface area contributed by atoms with E-state index in [1.165, 1.54) is 71.2 Å². The Morgan fingerprint density at radius 2 is 1.65 bits per heavy atom. The second-order valence-corrected chi connectivity index (χ2v) is 6.29. The highest BCUT2D eigenvalue weighted by Gasteiger charge is 2.20. The first-order chi connectivity index (χ1) is 8.25. The highest BCUT2D eigenvalue weighted by Crippen LogP contribution is 2.24. The molecular weight excluding hydrogens is 208 g/mol. The van der Waals surface area contributed by atoms with E-state index in [0.717, 1.165) is 12.0 Å². The first-order valence-corrected chi connectivity index (χ1v) is 7.72. The SMILES string of the molecule is CC(C)N1CCCN(CC2CCCCC2)CC1. The van der Waals surface area contributed by atoms with Crippen molar-refractivity contribution in [2.45, 2.75) is 58.4 Å². The largest absolute Gasteiger partial charge is 0.302 e. The Labute approximate surface area is 107 Å². The lowest BCUT2D eigenvalue weighted by Crippen LogP contribution is -2.36. The minimum Gasteiger partial charge on any atom is -0.302 e. The quantitative estimate of drug-likeness (QED) is 0.746. The molecule has 0 atom stereocenters. The Bertz CT molecular complexity index is 209. The lowest BCUT2D eigenvalue weighted by molar-refractivity contribution is 0.191. The van der Waals surface area contributed by atoms with E-state index in [9.17, 15) is 0 Å². The van der Waals surface area contributed by atoms with Crippen LogP contribution in [0.1, 0.15) is 52.4 Å². The van der Waals surface area contributed by atoms with Crippen molar-refractivity contribution in [2.24, 2.45) is 5.92 Å². The molecule has 0 bridgehead atoms. The molecule has 17 heavy (non-hydrogen) atoms. The molecule has 2 fully saturated rings. The average Bonchev–Trinajstić information content (AvgIpc) is 2.56. The van der Waals surface area contributed by atoms with Gasteiger partial charge in [-0.2, -0.15) is 0 Å². The van der Waals surface area contributed by atoms with Crippen LogP contribution in [-0.4, -0.2) is 48.6 Å².